The lowest BCUT2D eigenvalue weighted by Gasteiger charge is -2.35. The van der Waals surface area contributed by atoms with Crippen LogP contribution in [0.5, 0.6) is 0 Å². The molecule has 1 aromatic rings. The van der Waals surface area contributed by atoms with E-state index in [4.69, 9.17) is 0 Å². The molecule has 2 N–H and O–H groups in total. The third-order valence-electron chi connectivity index (χ3n) is 4.02. The van der Waals surface area contributed by atoms with E-state index in [1.165, 1.54) is 12.8 Å². The number of hydrogen-bond donors (Lipinski definition) is 2. The summed E-state index contributed by atoms with van der Waals surface area (Å²) in [6, 6.07) is 0. The molecule has 0 atom stereocenters. The van der Waals surface area contributed by atoms with Crippen LogP contribution in [0.1, 0.15) is 36.4 Å². The first kappa shape index (κ1) is 13.0. The summed E-state index contributed by atoms with van der Waals surface area (Å²) in [5, 5.41) is 22.5. The predicted molar refractivity (Wildman–Crippen MR) is 69.1 cm³/mol. The zero-order chi connectivity index (χ0) is 12.3. The van der Waals surface area contributed by atoms with Crippen molar-refractivity contribution in [3.63, 3.8) is 0 Å². The predicted octanol–water partition coefficient (Wildman–Crippen LogP) is 2.16. The molecule has 1 saturated carbocycles. The fourth-order valence-electron chi connectivity index (χ4n) is 2.89. The third-order valence-corrected chi connectivity index (χ3v) is 4.99. The molecule has 0 amide bonds. The van der Waals surface area contributed by atoms with Gasteiger partial charge < -0.3 is 10.2 Å². The first-order valence-electron chi connectivity index (χ1n) is 6.33. The maximum atomic E-state index is 9.72. The summed E-state index contributed by atoms with van der Waals surface area (Å²) in [4.78, 5) is 4.46. The van der Waals surface area contributed by atoms with Crippen LogP contribution in [0.25, 0.3) is 0 Å². The maximum absolute atomic E-state index is 9.72. The fourth-order valence-corrected chi connectivity index (χ4v) is 3.81. The van der Waals surface area contributed by atoms with E-state index >= 15 is 0 Å². The number of nitrogens with zero attached hydrogens (tertiary/aromatic N) is 1. The monoisotopic (exact) mass is 255 g/mol. The minimum atomic E-state index is -0.360. The van der Waals surface area contributed by atoms with Crippen LogP contribution in [-0.4, -0.2) is 28.4 Å². The first-order chi connectivity index (χ1) is 8.20. The van der Waals surface area contributed by atoms with Gasteiger partial charge in [-0.25, -0.2) is 4.98 Å². The summed E-state index contributed by atoms with van der Waals surface area (Å²) in [7, 11) is 0. The molecule has 3 nitrogen and oxygen atoms in total. The molecule has 1 heterocycles. The highest BCUT2D eigenvalue weighted by Crippen LogP contribution is 2.42. The molecule has 0 unspecified atom stereocenters. The minimum absolute atomic E-state index is 0.0623. The molecule has 2 rings (SSSR count). The number of aromatic nitrogens is 1. The van der Waals surface area contributed by atoms with Crippen molar-refractivity contribution in [1.82, 2.24) is 4.98 Å². The van der Waals surface area contributed by atoms with Gasteiger partial charge >= 0.3 is 0 Å². The summed E-state index contributed by atoms with van der Waals surface area (Å²) in [5.74, 6) is 0.446. The van der Waals surface area contributed by atoms with E-state index in [0.29, 0.717) is 12.3 Å². The number of rotatable bonds is 5. The van der Waals surface area contributed by atoms with Gasteiger partial charge in [-0.2, -0.15) is 0 Å². The number of hydrogen-bond acceptors (Lipinski definition) is 4. The van der Waals surface area contributed by atoms with E-state index in [1.807, 2.05) is 12.3 Å². The van der Waals surface area contributed by atoms with E-state index in [9.17, 15) is 10.2 Å². The Balaban J connectivity index is 2.15. The number of aliphatic hydroxyl groups is 2. The number of aryl methyl sites for hydroxylation is 1. The quantitative estimate of drug-likeness (QED) is 0.847. The normalized spacial score (nSPS) is 17.8. The van der Waals surface area contributed by atoms with Crippen molar-refractivity contribution >= 4 is 11.3 Å². The smallest absolute Gasteiger partial charge is 0.0935 e. The van der Waals surface area contributed by atoms with Gasteiger partial charge in [0.25, 0.3) is 0 Å². The Bertz CT molecular complexity index is 354. The first-order valence-corrected chi connectivity index (χ1v) is 7.21. The highest BCUT2D eigenvalue weighted by Gasteiger charge is 2.40. The number of thiazole rings is 1. The van der Waals surface area contributed by atoms with Gasteiger partial charge in [0.1, 0.15) is 0 Å². The highest BCUT2D eigenvalue weighted by atomic mass is 32.1. The van der Waals surface area contributed by atoms with Gasteiger partial charge in [-0.1, -0.05) is 12.8 Å². The highest BCUT2D eigenvalue weighted by molar-refractivity contribution is 7.09. The topological polar surface area (TPSA) is 53.4 Å². The molecule has 0 spiro atoms. The van der Waals surface area contributed by atoms with Gasteiger partial charge in [0.2, 0.25) is 0 Å². The Kier molecular flexibility index (Phi) is 4.17. The summed E-state index contributed by atoms with van der Waals surface area (Å²) in [6.45, 7) is 2.11. The molecule has 0 saturated heterocycles. The average molecular weight is 255 g/mol. The van der Waals surface area contributed by atoms with E-state index < -0.39 is 0 Å². The second-order valence-corrected chi connectivity index (χ2v) is 6.16. The number of aliphatic hydroxyl groups excluding tert-OH is 2. The van der Waals surface area contributed by atoms with Gasteiger partial charge in [-0.15, -0.1) is 11.3 Å². The molecule has 4 heteroatoms. The van der Waals surface area contributed by atoms with Crippen LogP contribution in [0, 0.1) is 18.3 Å². The standard InChI is InChI=1S/C13H21NO2S/c1-10-7-17-12(14-10)6-13(8-15,9-16)11-4-2-3-5-11/h7,11,15-16H,2-6,8-9H2,1H3. The summed E-state index contributed by atoms with van der Waals surface area (Å²) < 4.78 is 0. The van der Waals surface area contributed by atoms with Crippen LogP contribution < -0.4 is 0 Å². The molecule has 0 radical (unpaired) electrons. The van der Waals surface area contributed by atoms with Crippen LogP contribution in [0.15, 0.2) is 5.38 Å². The van der Waals surface area contributed by atoms with Gasteiger partial charge in [-0.3, -0.25) is 0 Å². The Morgan fingerprint density at radius 3 is 2.47 bits per heavy atom. The van der Waals surface area contributed by atoms with Crippen LogP contribution in [-0.2, 0) is 6.42 Å². The summed E-state index contributed by atoms with van der Waals surface area (Å²) in [5.41, 5.74) is 0.669. The average Bonchev–Trinajstić information content (AvgIpc) is 2.98. The molecular weight excluding hydrogens is 234 g/mol. The lowest BCUT2D eigenvalue weighted by atomic mass is 9.73. The summed E-state index contributed by atoms with van der Waals surface area (Å²) >= 11 is 1.63. The van der Waals surface area contributed by atoms with Crippen molar-refractivity contribution in [3.05, 3.63) is 16.1 Å². The van der Waals surface area contributed by atoms with E-state index in [-0.39, 0.29) is 18.6 Å². The second-order valence-electron chi connectivity index (χ2n) is 5.22. The second kappa shape index (κ2) is 5.46. The third kappa shape index (κ3) is 2.69. The van der Waals surface area contributed by atoms with Crippen molar-refractivity contribution < 1.29 is 10.2 Å². The Labute approximate surface area is 107 Å². The van der Waals surface area contributed by atoms with Crippen molar-refractivity contribution in [3.8, 4) is 0 Å². The van der Waals surface area contributed by atoms with Gasteiger partial charge in [-0.05, 0) is 25.7 Å². The molecule has 0 bridgehead atoms. The van der Waals surface area contributed by atoms with Crippen molar-refractivity contribution in [1.29, 1.82) is 0 Å². The van der Waals surface area contributed by atoms with Gasteiger partial charge in [0.15, 0.2) is 0 Å². The minimum Gasteiger partial charge on any atom is -0.396 e. The summed E-state index contributed by atoms with van der Waals surface area (Å²) in [6.07, 6.45) is 5.42. The Morgan fingerprint density at radius 2 is 2.00 bits per heavy atom. The molecule has 0 aliphatic heterocycles. The maximum Gasteiger partial charge on any atom is 0.0935 e. The van der Waals surface area contributed by atoms with Crippen molar-refractivity contribution in [2.24, 2.45) is 11.3 Å². The molecule has 17 heavy (non-hydrogen) atoms. The lowest BCUT2D eigenvalue weighted by Crippen LogP contribution is -2.39. The largest absolute Gasteiger partial charge is 0.396 e. The van der Waals surface area contributed by atoms with Crippen molar-refractivity contribution in [2.45, 2.75) is 39.0 Å². The molecule has 1 aliphatic carbocycles. The van der Waals surface area contributed by atoms with Crippen LogP contribution >= 0.6 is 11.3 Å². The van der Waals surface area contributed by atoms with Crippen LogP contribution in [0.2, 0.25) is 0 Å². The van der Waals surface area contributed by atoms with E-state index in [1.54, 1.807) is 11.3 Å². The fraction of sp³-hybridized carbons (Fsp3) is 0.769. The Hall–Kier alpha value is -0.450. The van der Waals surface area contributed by atoms with Crippen LogP contribution in [0.3, 0.4) is 0 Å². The van der Waals surface area contributed by atoms with Crippen LogP contribution in [0.4, 0.5) is 0 Å². The zero-order valence-corrected chi connectivity index (χ0v) is 11.2. The van der Waals surface area contributed by atoms with E-state index in [2.05, 4.69) is 4.98 Å². The zero-order valence-electron chi connectivity index (χ0n) is 10.4. The van der Waals surface area contributed by atoms with Gasteiger partial charge in [0, 0.05) is 22.9 Å². The Morgan fingerprint density at radius 1 is 1.35 bits per heavy atom. The molecule has 96 valence electrons. The van der Waals surface area contributed by atoms with E-state index in [0.717, 1.165) is 23.5 Å². The van der Waals surface area contributed by atoms with Crippen molar-refractivity contribution in [2.75, 3.05) is 13.2 Å². The lowest BCUT2D eigenvalue weighted by molar-refractivity contribution is 0.00565. The molecule has 1 aromatic heterocycles. The van der Waals surface area contributed by atoms with Gasteiger partial charge in [0.05, 0.1) is 18.2 Å². The molecule has 1 fully saturated rings. The molecular formula is C13H21NO2S. The SMILES string of the molecule is Cc1csc(CC(CO)(CO)C2CCCC2)n1. The molecule has 0 aromatic carbocycles. The molecule has 1 aliphatic rings.